The zero-order chi connectivity index (χ0) is 16.1. The first-order chi connectivity index (χ1) is 11.2. The summed E-state index contributed by atoms with van der Waals surface area (Å²) in [6.07, 6.45) is 0. The number of ether oxygens (including phenoxy) is 1. The smallest absolute Gasteiger partial charge is 0.316 e. The maximum absolute atomic E-state index is 13.4. The van der Waals surface area contributed by atoms with Gasteiger partial charge in [-0.3, -0.25) is 4.79 Å². The highest BCUT2D eigenvalue weighted by Crippen LogP contribution is 2.22. The lowest BCUT2D eigenvalue weighted by Crippen LogP contribution is -2.07. The number of carbonyl (C=O) groups excluding carboxylic acids is 1. The van der Waals surface area contributed by atoms with Crippen LogP contribution in [0, 0.1) is 5.82 Å². The van der Waals surface area contributed by atoms with Crippen LogP contribution in [0.2, 0.25) is 0 Å². The van der Waals surface area contributed by atoms with Crippen molar-refractivity contribution >= 4 is 29.1 Å². The first kappa shape index (κ1) is 15.7. The summed E-state index contributed by atoms with van der Waals surface area (Å²) in [5.74, 6) is -0.145. The Labute approximate surface area is 139 Å². The van der Waals surface area contributed by atoms with Crippen LogP contribution in [0.15, 0.2) is 51.2 Å². The molecule has 23 heavy (non-hydrogen) atoms. The van der Waals surface area contributed by atoms with Crippen LogP contribution >= 0.6 is 23.1 Å². The fourth-order valence-electron chi connectivity index (χ4n) is 1.70. The van der Waals surface area contributed by atoms with Crippen LogP contribution in [0.25, 0.3) is 10.7 Å². The van der Waals surface area contributed by atoms with Gasteiger partial charge >= 0.3 is 5.97 Å². The summed E-state index contributed by atoms with van der Waals surface area (Å²) in [6.45, 7) is -0.102. The molecule has 118 valence electrons. The van der Waals surface area contributed by atoms with Crippen molar-refractivity contribution in [2.45, 2.75) is 11.5 Å². The molecule has 0 bridgehead atoms. The Hall–Kier alpha value is -2.19. The van der Waals surface area contributed by atoms with Crippen molar-refractivity contribution in [3.8, 4) is 10.7 Å². The van der Waals surface area contributed by atoms with Crippen molar-refractivity contribution < 1.29 is 18.4 Å². The Bertz CT molecular complexity index is 790. The summed E-state index contributed by atoms with van der Waals surface area (Å²) < 4.78 is 23.5. The largest absolute Gasteiger partial charge is 0.455 e. The van der Waals surface area contributed by atoms with E-state index in [2.05, 4.69) is 10.1 Å². The number of nitrogens with zero attached hydrogens (tertiary/aromatic N) is 2. The van der Waals surface area contributed by atoms with Crippen molar-refractivity contribution in [1.82, 2.24) is 10.1 Å². The summed E-state index contributed by atoms with van der Waals surface area (Å²) in [7, 11) is 0. The molecule has 0 amide bonds. The Kier molecular flexibility index (Phi) is 5.04. The first-order valence-corrected chi connectivity index (χ1v) is 8.48. The molecule has 3 rings (SSSR count). The van der Waals surface area contributed by atoms with E-state index < -0.39 is 5.97 Å². The molecule has 8 heteroatoms. The van der Waals surface area contributed by atoms with E-state index in [1.165, 1.54) is 17.4 Å². The Morgan fingerprint density at radius 1 is 1.30 bits per heavy atom. The van der Waals surface area contributed by atoms with Gasteiger partial charge in [0.15, 0.2) is 6.61 Å². The predicted molar refractivity (Wildman–Crippen MR) is 84.5 cm³/mol. The van der Waals surface area contributed by atoms with Gasteiger partial charge in [0.25, 0.3) is 5.89 Å². The third kappa shape index (κ3) is 4.17. The van der Waals surface area contributed by atoms with Crippen molar-refractivity contribution in [1.29, 1.82) is 0 Å². The minimum atomic E-state index is -0.478. The zero-order valence-electron chi connectivity index (χ0n) is 11.8. The molecule has 0 aliphatic carbocycles. The highest BCUT2D eigenvalue weighted by Gasteiger charge is 2.12. The molecule has 0 saturated carbocycles. The van der Waals surface area contributed by atoms with E-state index in [1.54, 1.807) is 18.2 Å². The Morgan fingerprint density at radius 2 is 2.17 bits per heavy atom. The van der Waals surface area contributed by atoms with Crippen LogP contribution in [0.5, 0.6) is 0 Å². The van der Waals surface area contributed by atoms with Gasteiger partial charge in [-0.15, -0.1) is 23.1 Å². The molecule has 0 N–H and O–H groups in total. The molecule has 5 nitrogen and oxygen atoms in total. The second-order valence-corrected chi connectivity index (χ2v) is 6.33. The second kappa shape index (κ2) is 7.38. The standard InChI is InChI=1S/C15H11FN2O3S2/c16-10-4-1-2-5-11(10)23-9-14(19)20-8-13-17-15(18-21-13)12-6-3-7-22-12/h1-7H,8-9H2. The average Bonchev–Trinajstić information content (AvgIpc) is 3.23. The SMILES string of the molecule is O=C(CSc1ccccc1F)OCc1nc(-c2cccs2)no1. The van der Waals surface area contributed by atoms with Gasteiger partial charge in [-0.25, -0.2) is 4.39 Å². The number of esters is 1. The second-order valence-electron chi connectivity index (χ2n) is 4.37. The maximum Gasteiger partial charge on any atom is 0.316 e. The van der Waals surface area contributed by atoms with E-state index in [1.807, 2.05) is 17.5 Å². The predicted octanol–water partition coefficient (Wildman–Crippen LogP) is 3.77. The van der Waals surface area contributed by atoms with Gasteiger partial charge < -0.3 is 9.26 Å². The highest BCUT2D eigenvalue weighted by atomic mass is 32.2. The van der Waals surface area contributed by atoms with Crippen LogP contribution in [0.4, 0.5) is 4.39 Å². The Morgan fingerprint density at radius 3 is 2.96 bits per heavy atom. The van der Waals surface area contributed by atoms with Crippen molar-refractivity contribution in [2.75, 3.05) is 5.75 Å². The zero-order valence-corrected chi connectivity index (χ0v) is 13.4. The number of thioether (sulfide) groups is 1. The summed E-state index contributed by atoms with van der Waals surface area (Å²) in [5.41, 5.74) is 0. The van der Waals surface area contributed by atoms with E-state index in [0.717, 1.165) is 16.6 Å². The number of rotatable bonds is 6. The average molecular weight is 350 g/mol. The van der Waals surface area contributed by atoms with Gasteiger partial charge in [0, 0.05) is 4.90 Å². The van der Waals surface area contributed by atoms with Gasteiger partial charge in [0.2, 0.25) is 5.82 Å². The van der Waals surface area contributed by atoms with Crippen LogP contribution in [-0.2, 0) is 16.1 Å². The summed E-state index contributed by atoms with van der Waals surface area (Å²) in [6, 6.07) is 10.0. The lowest BCUT2D eigenvalue weighted by Gasteiger charge is -2.03. The third-order valence-electron chi connectivity index (χ3n) is 2.75. The molecule has 0 unspecified atom stereocenters. The topological polar surface area (TPSA) is 65.2 Å². The van der Waals surface area contributed by atoms with E-state index >= 15 is 0 Å². The van der Waals surface area contributed by atoms with Gasteiger partial charge in [0.1, 0.15) is 5.82 Å². The van der Waals surface area contributed by atoms with Crippen molar-refractivity contribution in [3.63, 3.8) is 0 Å². The minimum Gasteiger partial charge on any atom is -0.455 e. The van der Waals surface area contributed by atoms with Gasteiger partial charge in [-0.1, -0.05) is 23.4 Å². The first-order valence-electron chi connectivity index (χ1n) is 6.62. The van der Waals surface area contributed by atoms with Gasteiger partial charge in [0.05, 0.1) is 10.6 Å². The summed E-state index contributed by atoms with van der Waals surface area (Å²) >= 11 is 2.57. The van der Waals surface area contributed by atoms with E-state index in [4.69, 9.17) is 9.26 Å². The molecular formula is C15H11FN2O3S2. The molecule has 2 heterocycles. The van der Waals surface area contributed by atoms with Crippen LogP contribution in [-0.4, -0.2) is 21.9 Å². The van der Waals surface area contributed by atoms with Crippen LogP contribution < -0.4 is 0 Å². The fourth-order valence-corrected chi connectivity index (χ4v) is 3.09. The molecule has 0 fully saturated rings. The monoisotopic (exact) mass is 350 g/mol. The number of aromatic nitrogens is 2. The Balaban J connectivity index is 1.49. The molecule has 3 aromatic rings. The molecular weight excluding hydrogens is 339 g/mol. The molecule has 1 aromatic carbocycles. The van der Waals surface area contributed by atoms with Crippen molar-refractivity contribution in [3.05, 3.63) is 53.5 Å². The molecule has 2 aromatic heterocycles. The minimum absolute atomic E-state index is 0.00680. The van der Waals surface area contributed by atoms with Crippen molar-refractivity contribution in [2.24, 2.45) is 0 Å². The number of hydrogen-bond acceptors (Lipinski definition) is 7. The summed E-state index contributed by atoms with van der Waals surface area (Å²) in [4.78, 5) is 17.1. The van der Waals surface area contributed by atoms with Crippen LogP contribution in [0.3, 0.4) is 0 Å². The molecule has 0 aliphatic rings. The molecule has 0 aliphatic heterocycles. The summed E-state index contributed by atoms with van der Waals surface area (Å²) in [5, 5.41) is 5.73. The maximum atomic E-state index is 13.4. The van der Waals surface area contributed by atoms with E-state index in [-0.39, 0.29) is 24.1 Å². The van der Waals surface area contributed by atoms with Gasteiger partial charge in [-0.2, -0.15) is 4.98 Å². The number of hydrogen-bond donors (Lipinski definition) is 0. The number of benzene rings is 1. The normalized spacial score (nSPS) is 10.7. The third-order valence-corrected chi connectivity index (χ3v) is 4.64. The molecule has 0 radical (unpaired) electrons. The van der Waals surface area contributed by atoms with E-state index in [9.17, 15) is 9.18 Å². The molecule has 0 atom stereocenters. The van der Waals surface area contributed by atoms with E-state index in [0.29, 0.717) is 10.7 Å². The fraction of sp³-hybridized carbons (Fsp3) is 0.133. The van der Waals surface area contributed by atoms with Crippen LogP contribution in [0.1, 0.15) is 5.89 Å². The van der Waals surface area contributed by atoms with Gasteiger partial charge in [-0.05, 0) is 23.6 Å². The lowest BCUT2D eigenvalue weighted by atomic mass is 10.3. The highest BCUT2D eigenvalue weighted by molar-refractivity contribution is 8.00. The number of carbonyl (C=O) groups is 1. The lowest BCUT2D eigenvalue weighted by molar-refractivity contribution is -0.142. The molecule has 0 spiro atoms. The molecule has 0 saturated heterocycles. The number of thiophene rings is 1. The quantitative estimate of drug-likeness (QED) is 0.498. The number of halogens is 1.